The predicted octanol–water partition coefficient (Wildman–Crippen LogP) is 3.83. The second-order valence-electron chi connectivity index (χ2n) is 6.63. The molecule has 0 aliphatic carbocycles. The van der Waals surface area contributed by atoms with E-state index in [9.17, 15) is 28.1 Å². The van der Waals surface area contributed by atoms with E-state index in [1.54, 1.807) is 13.0 Å². The fraction of sp³-hybridized carbons (Fsp3) is 0.263. The van der Waals surface area contributed by atoms with Crippen molar-refractivity contribution >= 4 is 29.0 Å². The molecular formula is C19H17F3N6O4S. The van der Waals surface area contributed by atoms with Crippen LogP contribution in [0.1, 0.15) is 27.4 Å². The summed E-state index contributed by atoms with van der Waals surface area (Å²) in [5.74, 6) is 0.539. The van der Waals surface area contributed by atoms with Crippen LogP contribution in [0, 0.1) is 17.0 Å². The van der Waals surface area contributed by atoms with Gasteiger partial charge in [-0.05, 0) is 19.1 Å². The number of aromatic nitrogens is 3. The average Bonchev–Trinajstić information content (AvgIpc) is 3.19. The maximum Gasteiger partial charge on any atom is 0.416 e. The minimum absolute atomic E-state index is 0.0332. The minimum Gasteiger partial charge on any atom is -0.378 e. The molecule has 0 unspecified atom stereocenters. The number of carbonyl (C=O) groups excluding carboxylic acids is 1. The number of nitro groups is 1. The third kappa shape index (κ3) is 6.41. The van der Waals surface area contributed by atoms with Gasteiger partial charge in [-0.15, -0.1) is 0 Å². The number of benzene rings is 1. The number of anilines is 1. The maximum absolute atomic E-state index is 12.8. The molecule has 0 atom stereocenters. The zero-order valence-corrected chi connectivity index (χ0v) is 17.9. The van der Waals surface area contributed by atoms with Crippen LogP contribution in [0.25, 0.3) is 0 Å². The van der Waals surface area contributed by atoms with Gasteiger partial charge in [0.2, 0.25) is 0 Å². The molecule has 14 heteroatoms. The van der Waals surface area contributed by atoms with Crippen LogP contribution in [0.5, 0.6) is 0 Å². The monoisotopic (exact) mass is 482 g/mol. The number of nitro benzene ring substituents is 1. The Morgan fingerprint density at radius 1 is 1.27 bits per heavy atom. The van der Waals surface area contributed by atoms with Crippen molar-refractivity contribution in [3.05, 3.63) is 69.5 Å². The minimum atomic E-state index is -4.70. The molecule has 33 heavy (non-hydrogen) atoms. The fourth-order valence-electron chi connectivity index (χ4n) is 2.69. The predicted molar refractivity (Wildman–Crippen MR) is 112 cm³/mol. The molecule has 0 bridgehead atoms. The molecule has 0 radical (unpaired) electrons. The number of alkyl halides is 3. The van der Waals surface area contributed by atoms with Gasteiger partial charge in [0.05, 0.1) is 27.5 Å². The topological polar surface area (TPSA) is 136 Å². The van der Waals surface area contributed by atoms with E-state index in [0.717, 1.165) is 17.8 Å². The summed E-state index contributed by atoms with van der Waals surface area (Å²) < 4.78 is 43.5. The van der Waals surface area contributed by atoms with Gasteiger partial charge in [-0.2, -0.15) is 13.2 Å². The lowest BCUT2D eigenvalue weighted by Crippen LogP contribution is -2.29. The van der Waals surface area contributed by atoms with Gasteiger partial charge in [-0.25, -0.2) is 9.97 Å². The lowest BCUT2D eigenvalue weighted by Gasteiger charge is -2.11. The lowest BCUT2D eigenvalue weighted by molar-refractivity contribution is -0.384. The molecule has 3 rings (SSSR count). The largest absolute Gasteiger partial charge is 0.416 e. The summed E-state index contributed by atoms with van der Waals surface area (Å²) in [6, 6.07) is 3.95. The Balaban J connectivity index is 1.57. The molecule has 1 amide bonds. The quantitative estimate of drug-likeness (QED) is 0.153. The highest BCUT2D eigenvalue weighted by molar-refractivity contribution is 7.98. The highest BCUT2D eigenvalue weighted by Gasteiger charge is 2.33. The Hall–Kier alpha value is -3.68. The number of halogens is 3. The molecule has 0 fully saturated rings. The number of nitrogens with one attached hydrogen (secondary N) is 2. The van der Waals surface area contributed by atoms with E-state index in [4.69, 9.17) is 4.52 Å². The summed E-state index contributed by atoms with van der Waals surface area (Å²) in [5.41, 5.74) is -0.980. The second kappa shape index (κ2) is 10.3. The Bertz CT molecular complexity index is 1150. The van der Waals surface area contributed by atoms with Crippen molar-refractivity contribution in [3.8, 4) is 0 Å². The van der Waals surface area contributed by atoms with E-state index < -0.39 is 28.3 Å². The Morgan fingerprint density at radius 3 is 2.73 bits per heavy atom. The smallest absolute Gasteiger partial charge is 0.378 e. The molecule has 0 saturated heterocycles. The highest BCUT2D eigenvalue weighted by Crippen LogP contribution is 2.34. The van der Waals surface area contributed by atoms with Gasteiger partial charge in [0.25, 0.3) is 11.6 Å². The maximum atomic E-state index is 12.8. The number of rotatable bonds is 9. The van der Waals surface area contributed by atoms with Crippen molar-refractivity contribution in [1.82, 2.24) is 20.4 Å². The molecule has 0 aliphatic rings. The Labute approximate surface area is 189 Å². The summed E-state index contributed by atoms with van der Waals surface area (Å²) in [6.45, 7) is 1.86. The summed E-state index contributed by atoms with van der Waals surface area (Å²) in [6.07, 6.45) is -2.04. The van der Waals surface area contributed by atoms with E-state index in [1.807, 2.05) is 0 Å². The first-order valence-corrected chi connectivity index (χ1v) is 10.4. The number of amides is 1. The van der Waals surface area contributed by atoms with Gasteiger partial charge in [-0.3, -0.25) is 14.9 Å². The van der Waals surface area contributed by atoms with E-state index in [-0.39, 0.29) is 24.3 Å². The van der Waals surface area contributed by atoms with Crippen LogP contribution < -0.4 is 10.6 Å². The SMILES string of the molecule is Cc1cc(CSc2ncncc2C(=O)NCCNc2ccc(C(F)(F)F)cc2[N+](=O)[O-])on1. The first-order valence-electron chi connectivity index (χ1n) is 9.38. The summed E-state index contributed by atoms with van der Waals surface area (Å²) in [4.78, 5) is 30.7. The highest BCUT2D eigenvalue weighted by atomic mass is 32.2. The average molecular weight is 482 g/mol. The molecular weight excluding hydrogens is 465 g/mol. The number of carbonyl (C=O) groups is 1. The number of hydrogen-bond donors (Lipinski definition) is 2. The van der Waals surface area contributed by atoms with Crippen LogP contribution in [-0.4, -0.2) is 39.0 Å². The number of aryl methyl sites for hydroxylation is 1. The summed E-state index contributed by atoms with van der Waals surface area (Å²) >= 11 is 1.26. The summed E-state index contributed by atoms with van der Waals surface area (Å²) in [5, 5.41) is 20.6. The van der Waals surface area contributed by atoms with Crippen molar-refractivity contribution in [2.45, 2.75) is 23.9 Å². The van der Waals surface area contributed by atoms with Crippen molar-refractivity contribution < 1.29 is 27.4 Å². The zero-order chi connectivity index (χ0) is 24.0. The zero-order valence-electron chi connectivity index (χ0n) is 17.0. The van der Waals surface area contributed by atoms with Gasteiger partial charge in [0.15, 0.2) is 0 Å². The normalized spacial score (nSPS) is 11.3. The lowest BCUT2D eigenvalue weighted by atomic mass is 10.1. The van der Waals surface area contributed by atoms with Crippen molar-refractivity contribution in [2.75, 3.05) is 18.4 Å². The second-order valence-corrected chi connectivity index (χ2v) is 7.60. The molecule has 0 saturated carbocycles. The van der Waals surface area contributed by atoms with Gasteiger partial charge < -0.3 is 15.2 Å². The van der Waals surface area contributed by atoms with E-state index in [1.165, 1.54) is 24.3 Å². The molecule has 2 aromatic heterocycles. The van der Waals surface area contributed by atoms with Crippen LogP contribution in [0.15, 0.2) is 46.3 Å². The van der Waals surface area contributed by atoms with Crippen molar-refractivity contribution in [1.29, 1.82) is 0 Å². The van der Waals surface area contributed by atoms with Gasteiger partial charge in [-0.1, -0.05) is 16.9 Å². The molecule has 10 nitrogen and oxygen atoms in total. The van der Waals surface area contributed by atoms with Crippen molar-refractivity contribution in [3.63, 3.8) is 0 Å². The molecule has 2 heterocycles. The number of nitrogens with zero attached hydrogens (tertiary/aromatic N) is 4. The van der Waals surface area contributed by atoms with Gasteiger partial charge in [0, 0.05) is 31.4 Å². The van der Waals surface area contributed by atoms with E-state index in [0.29, 0.717) is 22.6 Å². The molecule has 0 aliphatic heterocycles. The van der Waals surface area contributed by atoms with Crippen LogP contribution in [0.4, 0.5) is 24.5 Å². The molecule has 0 spiro atoms. The van der Waals surface area contributed by atoms with E-state index >= 15 is 0 Å². The van der Waals surface area contributed by atoms with Gasteiger partial charge in [0.1, 0.15) is 22.8 Å². The number of hydrogen-bond acceptors (Lipinski definition) is 9. The first-order chi connectivity index (χ1) is 15.6. The standard InChI is InChI=1S/C19H17F3N6O4S/c1-11-6-13(32-27-11)9-33-18-14(8-23-10-26-18)17(29)25-5-4-24-15-3-2-12(19(20,21)22)7-16(15)28(30)31/h2-3,6-8,10,24H,4-5,9H2,1H3,(H,25,29). The Kier molecular flexibility index (Phi) is 7.48. The molecule has 2 N–H and O–H groups in total. The van der Waals surface area contributed by atoms with Crippen molar-refractivity contribution in [2.24, 2.45) is 0 Å². The third-order valence-electron chi connectivity index (χ3n) is 4.20. The molecule has 174 valence electrons. The summed E-state index contributed by atoms with van der Waals surface area (Å²) in [7, 11) is 0. The van der Waals surface area contributed by atoms with Gasteiger partial charge >= 0.3 is 6.18 Å². The van der Waals surface area contributed by atoms with Crippen LogP contribution in [0.2, 0.25) is 0 Å². The Morgan fingerprint density at radius 2 is 2.06 bits per heavy atom. The molecule has 1 aromatic carbocycles. The fourth-order valence-corrected chi connectivity index (χ4v) is 3.53. The third-order valence-corrected chi connectivity index (χ3v) is 5.22. The van der Waals surface area contributed by atoms with Crippen LogP contribution >= 0.6 is 11.8 Å². The van der Waals surface area contributed by atoms with Crippen LogP contribution in [0.3, 0.4) is 0 Å². The van der Waals surface area contributed by atoms with Crippen LogP contribution in [-0.2, 0) is 11.9 Å². The first kappa shape index (κ1) is 24.0. The number of thioether (sulfide) groups is 1. The van der Waals surface area contributed by atoms with E-state index in [2.05, 4.69) is 25.8 Å². The molecule has 3 aromatic rings.